The Kier molecular flexibility index (Phi) is 7.64. The quantitative estimate of drug-likeness (QED) is 0.421. The molecule has 2 heteroatoms. The van der Waals surface area contributed by atoms with Gasteiger partial charge >= 0.3 is 0 Å². The van der Waals surface area contributed by atoms with Gasteiger partial charge in [0.25, 0.3) is 0 Å². The van der Waals surface area contributed by atoms with Crippen molar-refractivity contribution in [2.24, 2.45) is 0 Å². The second-order valence-electron chi connectivity index (χ2n) is 8.34. The zero-order valence-corrected chi connectivity index (χ0v) is 19.1. The van der Waals surface area contributed by atoms with Gasteiger partial charge in [-0.05, 0) is 40.2 Å². The van der Waals surface area contributed by atoms with Crippen LogP contribution in [0.25, 0.3) is 5.57 Å². The molecular formula is C25H36OSi. The van der Waals surface area contributed by atoms with Gasteiger partial charge < -0.3 is 4.43 Å². The van der Waals surface area contributed by atoms with Crippen molar-refractivity contribution < 1.29 is 4.43 Å². The summed E-state index contributed by atoms with van der Waals surface area (Å²) >= 11 is 0. The molecule has 1 nitrogen and oxygen atoms in total. The Balaban J connectivity index is 2.60. The first-order chi connectivity index (χ1) is 12.8. The minimum absolute atomic E-state index is 0.0301. The monoisotopic (exact) mass is 380 g/mol. The zero-order valence-electron chi connectivity index (χ0n) is 18.1. The standard InChI is InChI=1S/C25H36OSi/c1-8-24(22-15-11-9-12-16-22)25(23-17-13-10-14-18-23)26-27(19(2)3,20(4)5)21(6)7/h8-21,25H,1-7H3/b24-8+. The normalized spacial score (nSPS) is 14.2. The smallest absolute Gasteiger partial charge is 0.201 e. The number of rotatable bonds is 8. The number of hydrogen-bond acceptors (Lipinski definition) is 1. The zero-order chi connectivity index (χ0) is 20.0. The molecule has 1 atom stereocenters. The van der Waals surface area contributed by atoms with Crippen molar-refractivity contribution >= 4 is 13.9 Å². The van der Waals surface area contributed by atoms with E-state index in [0.717, 1.165) is 0 Å². The van der Waals surface area contributed by atoms with Gasteiger partial charge in [0.1, 0.15) is 0 Å². The molecule has 1 unspecified atom stereocenters. The molecule has 0 saturated heterocycles. The average molecular weight is 381 g/mol. The lowest BCUT2D eigenvalue weighted by Gasteiger charge is -2.45. The van der Waals surface area contributed by atoms with E-state index in [-0.39, 0.29) is 6.10 Å². The number of hydrogen-bond donors (Lipinski definition) is 0. The summed E-state index contributed by atoms with van der Waals surface area (Å²) in [6.07, 6.45) is 2.20. The maximum absolute atomic E-state index is 7.29. The van der Waals surface area contributed by atoms with Gasteiger partial charge in [-0.3, -0.25) is 0 Å². The van der Waals surface area contributed by atoms with Gasteiger partial charge in [0.05, 0.1) is 6.10 Å². The van der Waals surface area contributed by atoms with Crippen LogP contribution in [0.4, 0.5) is 0 Å². The predicted octanol–water partition coefficient (Wildman–Crippen LogP) is 8.02. The molecule has 0 aromatic heterocycles. The van der Waals surface area contributed by atoms with E-state index in [0.29, 0.717) is 16.6 Å². The van der Waals surface area contributed by atoms with Crippen molar-refractivity contribution in [2.45, 2.75) is 71.2 Å². The summed E-state index contributed by atoms with van der Waals surface area (Å²) in [5, 5.41) is 0. The molecule has 0 radical (unpaired) electrons. The third-order valence-corrected chi connectivity index (χ3v) is 11.9. The van der Waals surface area contributed by atoms with Crippen LogP contribution >= 0.6 is 0 Å². The van der Waals surface area contributed by atoms with Gasteiger partial charge in [0.2, 0.25) is 8.32 Å². The minimum atomic E-state index is -2.03. The second-order valence-corrected chi connectivity index (χ2v) is 13.7. The molecule has 0 bridgehead atoms. The van der Waals surface area contributed by atoms with E-state index < -0.39 is 8.32 Å². The van der Waals surface area contributed by atoms with Crippen molar-refractivity contribution in [3.63, 3.8) is 0 Å². The minimum Gasteiger partial charge on any atom is -0.405 e. The summed E-state index contributed by atoms with van der Waals surface area (Å²) in [7, 11) is -2.03. The summed E-state index contributed by atoms with van der Waals surface area (Å²) in [6, 6.07) is 21.4. The Labute approximate surface area is 167 Å². The van der Waals surface area contributed by atoms with Gasteiger partial charge in [-0.1, -0.05) is 108 Å². The molecule has 0 heterocycles. The SMILES string of the molecule is C/C=C(\c1ccccc1)C(O[Si](C(C)C)(C(C)C)C(C)C)c1ccccc1. The Morgan fingerprint density at radius 2 is 1.19 bits per heavy atom. The molecule has 0 aliphatic heterocycles. The highest BCUT2D eigenvalue weighted by atomic mass is 28.4. The molecule has 146 valence electrons. The first kappa shape index (κ1) is 21.7. The highest BCUT2D eigenvalue weighted by Gasteiger charge is 2.47. The lowest BCUT2D eigenvalue weighted by atomic mass is 9.95. The Hall–Kier alpha value is -1.64. The maximum atomic E-state index is 7.29. The fourth-order valence-electron chi connectivity index (χ4n) is 4.65. The van der Waals surface area contributed by atoms with Crippen molar-refractivity contribution in [2.75, 3.05) is 0 Å². The fourth-order valence-corrected chi connectivity index (χ4v) is 10.1. The van der Waals surface area contributed by atoms with Crippen LogP contribution in [0.3, 0.4) is 0 Å². The molecule has 0 N–H and O–H groups in total. The van der Waals surface area contributed by atoms with Crippen LogP contribution in [0, 0.1) is 0 Å². The number of benzene rings is 2. The fraction of sp³-hybridized carbons (Fsp3) is 0.440. The summed E-state index contributed by atoms with van der Waals surface area (Å²) < 4.78 is 7.29. The van der Waals surface area contributed by atoms with Crippen molar-refractivity contribution in [1.82, 2.24) is 0 Å². The van der Waals surface area contributed by atoms with Crippen molar-refractivity contribution in [3.05, 3.63) is 77.9 Å². The lowest BCUT2D eigenvalue weighted by Crippen LogP contribution is -2.48. The maximum Gasteiger partial charge on any atom is 0.201 e. The van der Waals surface area contributed by atoms with Crippen LogP contribution in [0.2, 0.25) is 16.6 Å². The summed E-state index contributed by atoms with van der Waals surface area (Å²) in [6.45, 7) is 16.2. The van der Waals surface area contributed by atoms with E-state index in [1.165, 1.54) is 16.7 Å². The van der Waals surface area contributed by atoms with E-state index in [1.54, 1.807) is 0 Å². The molecular weight excluding hydrogens is 344 g/mol. The first-order valence-electron chi connectivity index (χ1n) is 10.3. The Morgan fingerprint density at radius 1 is 0.741 bits per heavy atom. The molecule has 0 amide bonds. The summed E-state index contributed by atoms with van der Waals surface area (Å²) in [4.78, 5) is 0. The van der Waals surface area contributed by atoms with E-state index in [9.17, 15) is 0 Å². The molecule has 0 aliphatic carbocycles. The van der Waals surface area contributed by atoms with Gasteiger partial charge in [-0.15, -0.1) is 0 Å². The van der Waals surface area contributed by atoms with Crippen LogP contribution in [0.15, 0.2) is 66.7 Å². The van der Waals surface area contributed by atoms with Crippen LogP contribution in [0.1, 0.15) is 65.7 Å². The van der Waals surface area contributed by atoms with Crippen LogP contribution in [-0.4, -0.2) is 8.32 Å². The van der Waals surface area contributed by atoms with Crippen LogP contribution in [-0.2, 0) is 4.43 Å². The van der Waals surface area contributed by atoms with E-state index in [1.807, 2.05) is 0 Å². The van der Waals surface area contributed by atoms with Crippen molar-refractivity contribution in [1.29, 1.82) is 0 Å². The predicted molar refractivity (Wildman–Crippen MR) is 121 cm³/mol. The highest BCUT2D eigenvalue weighted by molar-refractivity contribution is 6.77. The molecule has 0 fully saturated rings. The molecule has 2 aromatic rings. The van der Waals surface area contributed by atoms with E-state index >= 15 is 0 Å². The Bertz CT molecular complexity index is 695. The average Bonchev–Trinajstić information content (AvgIpc) is 2.65. The molecule has 0 spiro atoms. The first-order valence-corrected chi connectivity index (χ1v) is 12.4. The third kappa shape index (κ3) is 4.62. The van der Waals surface area contributed by atoms with Gasteiger partial charge in [-0.25, -0.2) is 0 Å². The highest BCUT2D eigenvalue weighted by Crippen LogP contribution is 2.47. The third-order valence-electron chi connectivity index (χ3n) is 5.83. The van der Waals surface area contributed by atoms with Crippen LogP contribution in [0.5, 0.6) is 0 Å². The second kappa shape index (κ2) is 9.52. The summed E-state index contributed by atoms with van der Waals surface area (Å²) in [5.74, 6) is 0. The molecule has 0 saturated carbocycles. The molecule has 2 rings (SSSR count). The van der Waals surface area contributed by atoms with Gasteiger partial charge in [-0.2, -0.15) is 0 Å². The lowest BCUT2D eigenvalue weighted by molar-refractivity contribution is 0.228. The molecule has 0 aliphatic rings. The van der Waals surface area contributed by atoms with Crippen LogP contribution < -0.4 is 0 Å². The number of allylic oxidation sites excluding steroid dienone is 1. The van der Waals surface area contributed by atoms with Gasteiger partial charge in [0.15, 0.2) is 0 Å². The molecule has 27 heavy (non-hydrogen) atoms. The van der Waals surface area contributed by atoms with Crippen molar-refractivity contribution in [3.8, 4) is 0 Å². The Morgan fingerprint density at radius 3 is 1.59 bits per heavy atom. The van der Waals surface area contributed by atoms with E-state index in [2.05, 4.69) is 115 Å². The summed E-state index contributed by atoms with van der Waals surface area (Å²) in [5.41, 5.74) is 5.41. The van der Waals surface area contributed by atoms with E-state index in [4.69, 9.17) is 4.43 Å². The van der Waals surface area contributed by atoms with Gasteiger partial charge in [0, 0.05) is 0 Å². The molecule has 2 aromatic carbocycles. The largest absolute Gasteiger partial charge is 0.405 e. The topological polar surface area (TPSA) is 9.23 Å².